The molecule has 4 nitrogen and oxygen atoms in total. The van der Waals surface area contributed by atoms with E-state index in [0.717, 1.165) is 25.7 Å². The van der Waals surface area contributed by atoms with Crippen LogP contribution in [0.5, 0.6) is 0 Å². The monoisotopic (exact) mass is 364 g/mol. The van der Waals surface area contributed by atoms with Gasteiger partial charge in [0, 0.05) is 22.3 Å². The van der Waals surface area contributed by atoms with Crippen LogP contribution >= 0.6 is 23.1 Å². The molecule has 23 heavy (non-hydrogen) atoms. The molecule has 1 aromatic carbocycles. The van der Waals surface area contributed by atoms with Crippen LogP contribution in [0.2, 0.25) is 0 Å². The van der Waals surface area contributed by atoms with Crippen molar-refractivity contribution in [2.24, 2.45) is 0 Å². The SMILES string of the molecule is Cc1nc(SCCS(C)(=O)=O)c2cc(-c3ccccc3)sc2n1. The van der Waals surface area contributed by atoms with Gasteiger partial charge in [0.25, 0.3) is 0 Å². The van der Waals surface area contributed by atoms with Crippen molar-refractivity contribution < 1.29 is 8.42 Å². The summed E-state index contributed by atoms with van der Waals surface area (Å²) in [4.78, 5) is 11.1. The molecule has 2 aromatic heterocycles. The molecule has 7 heteroatoms. The van der Waals surface area contributed by atoms with Crippen LogP contribution in [0.4, 0.5) is 0 Å². The number of nitrogens with zero attached hydrogens (tertiary/aromatic N) is 2. The smallest absolute Gasteiger partial charge is 0.148 e. The number of thiophene rings is 1. The Kier molecular flexibility index (Phi) is 4.70. The Morgan fingerprint density at radius 2 is 1.91 bits per heavy atom. The average molecular weight is 365 g/mol. The van der Waals surface area contributed by atoms with Crippen molar-refractivity contribution >= 4 is 43.2 Å². The Balaban J connectivity index is 1.96. The molecule has 3 aromatic rings. The van der Waals surface area contributed by atoms with E-state index < -0.39 is 9.84 Å². The summed E-state index contributed by atoms with van der Waals surface area (Å²) in [7, 11) is -2.96. The summed E-state index contributed by atoms with van der Waals surface area (Å²) in [6, 6.07) is 12.3. The second kappa shape index (κ2) is 6.59. The van der Waals surface area contributed by atoms with Crippen LogP contribution in [0.3, 0.4) is 0 Å². The zero-order valence-electron chi connectivity index (χ0n) is 12.8. The number of benzene rings is 1. The molecule has 3 rings (SSSR count). The molecule has 0 bridgehead atoms. The van der Waals surface area contributed by atoms with Gasteiger partial charge in [-0.1, -0.05) is 30.3 Å². The molecule has 0 amide bonds. The average Bonchev–Trinajstić information content (AvgIpc) is 2.90. The largest absolute Gasteiger partial charge is 0.229 e. The van der Waals surface area contributed by atoms with Crippen molar-refractivity contribution in [3.63, 3.8) is 0 Å². The Morgan fingerprint density at radius 3 is 2.61 bits per heavy atom. The van der Waals surface area contributed by atoms with Gasteiger partial charge in [-0.2, -0.15) is 0 Å². The molecule has 0 spiro atoms. The summed E-state index contributed by atoms with van der Waals surface area (Å²) >= 11 is 3.11. The molecular weight excluding hydrogens is 348 g/mol. The van der Waals surface area contributed by atoms with E-state index in [0.29, 0.717) is 11.6 Å². The lowest BCUT2D eigenvalue weighted by Crippen LogP contribution is -2.05. The fourth-order valence-electron chi connectivity index (χ4n) is 2.14. The summed E-state index contributed by atoms with van der Waals surface area (Å²) in [6.07, 6.45) is 1.26. The Bertz CT molecular complexity index is 935. The highest BCUT2D eigenvalue weighted by molar-refractivity contribution is 8.00. The van der Waals surface area contributed by atoms with Crippen molar-refractivity contribution in [2.75, 3.05) is 17.8 Å². The fraction of sp³-hybridized carbons (Fsp3) is 0.250. The Morgan fingerprint density at radius 1 is 1.17 bits per heavy atom. The highest BCUT2D eigenvalue weighted by Crippen LogP contribution is 2.36. The third-order valence-corrected chi connectivity index (χ3v) is 6.50. The predicted octanol–water partition coefficient (Wildman–Crippen LogP) is 3.80. The number of sulfone groups is 1. The van der Waals surface area contributed by atoms with E-state index in [-0.39, 0.29) is 5.75 Å². The van der Waals surface area contributed by atoms with Gasteiger partial charge in [0.15, 0.2) is 0 Å². The van der Waals surface area contributed by atoms with Crippen LogP contribution in [0.15, 0.2) is 41.4 Å². The second-order valence-electron chi connectivity index (χ2n) is 5.25. The molecule has 0 unspecified atom stereocenters. The van der Waals surface area contributed by atoms with Crippen LogP contribution in [-0.4, -0.2) is 36.1 Å². The van der Waals surface area contributed by atoms with Crippen LogP contribution in [-0.2, 0) is 9.84 Å². The first kappa shape index (κ1) is 16.4. The minimum absolute atomic E-state index is 0.151. The van der Waals surface area contributed by atoms with E-state index >= 15 is 0 Å². The van der Waals surface area contributed by atoms with Crippen LogP contribution in [0, 0.1) is 6.92 Å². The normalized spacial score (nSPS) is 11.9. The van der Waals surface area contributed by atoms with Crippen molar-refractivity contribution in [1.29, 1.82) is 0 Å². The summed E-state index contributed by atoms with van der Waals surface area (Å²) in [5, 5.41) is 1.85. The summed E-state index contributed by atoms with van der Waals surface area (Å²) in [5.74, 6) is 1.36. The van der Waals surface area contributed by atoms with Gasteiger partial charge < -0.3 is 0 Å². The van der Waals surface area contributed by atoms with Gasteiger partial charge in [0.1, 0.15) is 25.5 Å². The van der Waals surface area contributed by atoms with E-state index in [1.54, 1.807) is 11.3 Å². The van der Waals surface area contributed by atoms with Crippen molar-refractivity contribution in [3.8, 4) is 10.4 Å². The van der Waals surface area contributed by atoms with Gasteiger partial charge in [-0.15, -0.1) is 23.1 Å². The first-order valence-corrected chi connectivity index (χ1v) is 10.9. The van der Waals surface area contributed by atoms with E-state index in [4.69, 9.17) is 0 Å². The molecule has 2 heterocycles. The molecule has 0 aliphatic heterocycles. The molecule has 0 saturated carbocycles. The summed E-state index contributed by atoms with van der Waals surface area (Å²) < 4.78 is 22.6. The maximum absolute atomic E-state index is 11.3. The van der Waals surface area contributed by atoms with Gasteiger partial charge in [0.2, 0.25) is 0 Å². The molecule has 0 aliphatic rings. The number of hydrogen-bond donors (Lipinski definition) is 0. The lowest BCUT2D eigenvalue weighted by molar-refractivity contribution is 0.603. The van der Waals surface area contributed by atoms with E-state index in [9.17, 15) is 8.42 Å². The van der Waals surface area contributed by atoms with Gasteiger partial charge in [-0.25, -0.2) is 18.4 Å². The number of aryl methyl sites for hydroxylation is 1. The zero-order chi connectivity index (χ0) is 16.4. The van der Waals surface area contributed by atoms with Crippen molar-refractivity contribution in [3.05, 3.63) is 42.2 Å². The highest BCUT2D eigenvalue weighted by Gasteiger charge is 2.13. The first-order chi connectivity index (χ1) is 10.9. The van der Waals surface area contributed by atoms with Gasteiger partial charge in [-0.3, -0.25) is 0 Å². The predicted molar refractivity (Wildman–Crippen MR) is 98.0 cm³/mol. The third kappa shape index (κ3) is 4.10. The van der Waals surface area contributed by atoms with Gasteiger partial charge in [0.05, 0.1) is 5.75 Å². The minimum Gasteiger partial charge on any atom is -0.229 e. The van der Waals surface area contributed by atoms with Crippen LogP contribution in [0.1, 0.15) is 5.82 Å². The third-order valence-electron chi connectivity index (χ3n) is 3.22. The van der Waals surface area contributed by atoms with Crippen molar-refractivity contribution in [2.45, 2.75) is 11.9 Å². The molecule has 0 fully saturated rings. The second-order valence-corrected chi connectivity index (χ2v) is 9.62. The van der Waals surface area contributed by atoms with Crippen LogP contribution < -0.4 is 0 Å². The van der Waals surface area contributed by atoms with Gasteiger partial charge >= 0.3 is 0 Å². The fourth-order valence-corrected chi connectivity index (χ4v) is 5.53. The Labute approximate surface area is 143 Å². The zero-order valence-corrected chi connectivity index (χ0v) is 15.3. The number of fused-ring (bicyclic) bond motifs is 1. The maximum atomic E-state index is 11.3. The lowest BCUT2D eigenvalue weighted by atomic mass is 10.2. The quantitative estimate of drug-likeness (QED) is 0.509. The number of thioether (sulfide) groups is 1. The van der Waals surface area contributed by atoms with E-state index in [1.807, 2.05) is 25.1 Å². The molecule has 0 N–H and O–H groups in total. The van der Waals surface area contributed by atoms with E-state index in [2.05, 4.69) is 28.2 Å². The molecule has 120 valence electrons. The van der Waals surface area contributed by atoms with Crippen LogP contribution in [0.25, 0.3) is 20.7 Å². The molecule has 0 aliphatic carbocycles. The van der Waals surface area contributed by atoms with Gasteiger partial charge in [-0.05, 0) is 18.6 Å². The molecule has 0 atom stereocenters. The van der Waals surface area contributed by atoms with Crippen molar-refractivity contribution in [1.82, 2.24) is 9.97 Å². The lowest BCUT2D eigenvalue weighted by Gasteiger charge is -2.03. The summed E-state index contributed by atoms with van der Waals surface area (Å²) in [5.41, 5.74) is 1.15. The maximum Gasteiger partial charge on any atom is 0.148 e. The molecular formula is C16H16N2O2S3. The van der Waals surface area contributed by atoms with E-state index in [1.165, 1.54) is 18.0 Å². The Hall–Kier alpha value is -1.44. The summed E-state index contributed by atoms with van der Waals surface area (Å²) in [6.45, 7) is 1.86. The number of hydrogen-bond acceptors (Lipinski definition) is 6. The molecule has 0 saturated heterocycles. The topological polar surface area (TPSA) is 59.9 Å². The number of aromatic nitrogens is 2. The minimum atomic E-state index is -2.96. The standard InChI is InChI=1S/C16H16N2O2S3/c1-11-17-15(21-8-9-23(2,19)20)13-10-14(22-16(13)18-11)12-6-4-3-5-7-12/h3-7,10H,8-9H2,1-2H3. The first-order valence-electron chi connectivity index (χ1n) is 7.06. The number of rotatable bonds is 5. The highest BCUT2D eigenvalue weighted by atomic mass is 32.2. The molecule has 0 radical (unpaired) electrons.